The topological polar surface area (TPSA) is 69.0 Å². The van der Waals surface area contributed by atoms with E-state index < -0.39 is 0 Å². The van der Waals surface area contributed by atoms with Crippen LogP contribution in [0.5, 0.6) is 0 Å². The van der Waals surface area contributed by atoms with Crippen LogP contribution in [0.1, 0.15) is 0 Å². The molecule has 0 atom stereocenters. The normalized spacial score (nSPS) is 12.1. The van der Waals surface area contributed by atoms with Crippen molar-refractivity contribution in [1.29, 1.82) is 0 Å². The molecule has 0 aliphatic rings. The Morgan fingerprint density at radius 2 is 0.350 bits per heavy atom. The van der Waals surface area contributed by atoms with Gasteiger partial charge in [-0.3, -0.25) is 0 Å². The van der Waals surface area contributed by atoms with Crippen LogP contribution in [0.4, 0.5) is 0 Å². The number of fused-ring (bicyclic) bond motifs is 30. The number of aromatic nitrogens is 6. The fourth-order valence-corrected chi connectivity index (χ4v) is 23.5. The molecule has 32 rings (SSSR count). The summed E-state index contributed by atoms with van der Waals surface area (Å²) in [5.74, 6) is 0. The molecular weight excluding hydrogens is 1740 g/mol. The van der Waals surface area contributed by atoms with Crippen LogP contribution in [0, 0.1) is 0 Å². The first-order valence-electron chi connectivity index (χ1n) is 48.9. The minimum atomic E-state index is 0.893. The average Bonchev–Trinajstić information content (AvgIpc) is 1.55. The van der Waals surface area contributed by atoms with E-state index in [1.807, 2.05) is 18.2 Å². The first kappa shape index (κ1) is 79.9. The van der Waals surface area contributed by atoms with Gasteiger partial charge in [0.1, 0.15) is 33.5 Å². The van der Waals surface area contributed by atoms with E-state index in [0.29, 0.717) is 0 Å². The predicted molar refractivity (Wildman–Crippen MR) is 599 cm³/mol. The van der Waals surface area contributed by atoms with Gasteiger partial charge in [0.2, 0.25) is 0 Å². The fourth-order valence-electron chi connectivity index (χ4n) is 23.5. The van der Waals surface area contributed by atoms with Crippen LogP contribution in [0.3, 0.4) is 0 Å². The van der Waals surface area contributed by atoms with E-state index in [1.54, 1.807) is 0 Å². The summed E-state index contributed by atoms with van der Waals surface area (Å²) in [6, 6.07) is 179. The van der Waals surface area contributed by atoms with Crippen molar-refractivity contribution in [2.24, 2.45) is 0 Å². The number of nitrogens with zero attached hydrogens (tertiary/aromatic N) is 6. The molecule has 0 spiro atoms. The quantitative estimate of drug-likeness (QED) is 0.135. The van der Waals surface area contributed by atoms with Gasteiger partial charge in [-0.05, 0) is 207 Å². The molecule has 9 aromatic heterocycles. The molecule has 0 aliphatic heterocycles. The van der Waals surface area contributed by atoms with Crippen molar-refractivity contribution >= 4 is 218 Å². The van der Waals surface area contributed by atoms with Crippen LogP contribution >= 0.6 is 0 Å². The number of rotatable bonds is 9. The van der Waals surface area contributed by atoms with Crippen molar-refractivity contribution in [3.63, 3.8) is 0 Å². The Balaban J connectivity index is 0.000000100. The highest BCUT2D eigenvalue weighted by molar-refractivity contribution is 6.27. The highest BCUT2D eigenvalue weighted by Gasteiger charge is 2.28. The van der Waals surface area contributed by atoms with Crippen molar-refractivity contribution < 1.29 is 13.3 Å². The van der Waals surface area contributed by atoms with Crippen LogP contribution in [-0.4, -0.2) is 27.4 Å². The second-order valence-corrected chi connectivity index (χ2v) is 37.7. The smallest absolute Gasteiger partial charge is 0.137 e. The lowest BCUT2D eigenvalue weighted by atomic mass is 10.00. The lowest BCUT2D eigenvalue weighted by Gasteiger charge is -2.14. The van der Waals surface area contributed by atoms with Crippen LogP contribution in [-0.2, 0) is 0 Å². The van der Waals surface area contributed by atoms with E-state index >= 15 is 0 Å². The molecule has 143 heavy (non-hydrogen) atoms. The Hall–Kier alpha value is -19.2. The van der Waals surface area contributed by atoms with Gasteiger partial charge in [0.25, 0.3) is 0 Å². The van der Waals surface area contributed by atoms with E-state index in [4.69, 9.17) is 13.3 Å². The fraction of sp³-hybridized carbons (Fsp3) is 0. The molecule has 0 bridgehead atoms. The highest BCUT2D eigenvalue weighted by Crippen LogP contribution is 2.50. The standard InChI is InChI=1S/C48H30N2O.C44H26N2O.C42H26N2O/c1-3-13-31(14-4-1)33-17-11-19-35(25-33)49-43-23-9-7-21-37(43)39-27-40-41-28-42-38-22-8-10-24-47(38)51-48(42)30-46(41)50(45(40)29-44(39)49)36-20-12-18-34(26-36)32-15-5-2-6-16-32;1-2-13-28(14-3-1)45-40-25-41-34(23-35(40)36-24-37-33-19-9-11-21-43(33)47-44(37)26-42(36)45)32-18-8-10-20-38(32)46(41)39-22-27-12-4-5-15-29(27)30-16-6-7-17-31(30)39;1-3-12-27(13-4-1)28-14-11-17-30(22-28)44-39-25-38-33(31-18-7-9-20-37(31)43(38)29-15-5-2-6-16-29)23-34(39)35-24-36-32-19-8-10-21-41(32)45-42(36)26-40(35)44/h1-30H;1-26H;1-26H. The molecule has 0 saturated heterocycles. The maximum atomic E-state index is 6.47. The van der Waals surface area contributed by atoms with Crippen molar-refractivity contribution in [1.82, 2.24) is 27.4 Å². The largest absolute Gasteiger partial charge is 0.456 e. The molecule has 0 amide bonds. The van der Waals surface area contributed by atoms with Crippen LogP contribution < -0.4 is 0 Å². The molecule has 0 aliphatic carbocycles. The maximum absolute atomic E-state index is 6.47. The third-order valence-corrected chi connectivity index (χ3v) is 29.8. The average molecular weight is 1820 g/mol. The van der Waals surface area contributed by atoms with Crippen molar-refractivity contribution in [3.05, 3.63) is 497 Å². The second-order valence-electron chi connectivity index (χ2n) is 37.7. The first-order valence-corrected chi connectivity index (χ1v) is 48.9. The molecule has 32 aromatic rings. The first-order chi connectivity index (χ1) is 70.9. The molecule has 0 saturated carbocycles. The lowest BCUT2D eigenvalue weighted by Crippen LogP contribution is -1.97. The molecule has 0 N–H and O–H groups in total. The summed E-state index contributed by atoms with van der Waals surface area (Å²) in [4.78, 5) is 0. The lowest BCUT2D eigenvalue weighted by molar-refractivity contribution is 0.669. The highest BCUT2D eigenvalue weighted by atomic mass is 16.3. The maximum Gasteiger partial charge on any atom is 0.137 e. The van der Waals surface area contributed by atoms with E-state index in [9.17, 15) is 0 Å². The van der Waals surface area contributed by atoms with Gasteiger partial charge in [-0.25, -0.2) is 0 Å². The van der Waals surface area contributed by atoms with Gasteiger partial charge in [0, 0.05) is 149 Å². The van der Waals surface area contributed by atoms with E-state index in [2.05, 4.69) is 507 Å². The zero-order valence-electron chi connectivity index (χ0n) is 77.3. The molecule has 9 heterocycles. The van der Waals surface area contributed by atoms with Crippen LogP contribution in [0.2, 0.25) is 0 Å². The summed E-state index contributed by atoms with van der Waals surface area (Å²) < 4.78 is 33.8. The van der Waals surface area contributed by atoms with E-state index in [1.165, 1.54) is 169 Å². The monoisotopic (exact) mass is 1820 g/mol. The van der Waals surface area contributed by atoms with Gasteiger partial charge in [-0.15, -0.1) is 0 Å². The van der Waals surface area contributed by atoms with Crippen LogP contribution in [0.15, 0.2) is 511 Å². The van der Waals surface area contributed by atoms with Gasteiger partial charge in [0.15, 0.2) is 0 Å². The predicted octanol–water partition coefficient (Wildman–Crippen LogP) is 36.6. The Bertz CT molecular complexity index is 10900. The molecule has 666 valence electrons. The Labute approximate surface area is 818 Å². The summed E-state index contributed by atoms with van der Waals surface area (Å²) in [5, 5.41) is 26.6. The summed E-state index contributed by atoms with van der Waals surface area (Å²) >= 11 is 0. The summed E-state index contributed by atoms with van der Waals surface area (Å²) in [6.45, 7) is 0. The summed E-state index contributed by atoms with van der Waals surface area (Å²) in [5.41, 5.74) is 33.5. The Kier molecular flexibility index (Phi) is 17.7. The molecule has 23 aromatic carbocycles. The molecule has 0 radical (unpaired) electrons. The minimum absolute atomic E-state index is 0.893. The number of hydrogen-bond donors (Lipinski definition) is 0. The van der Waals surface area contributed by atoms with Gasteiger partial charge in [-0.1, -0.05) is 322 Å². The molecule has 9 heteroatoms. The zero-order chi connectivity index (χ0) is 93.6. The third kappa shape index (κ3) is 12.5. The zero-order valence-corrected chi connectivity index (χ0v) is 77.3. The van der Waals surface area contributed by atoms with Gasteiger partial charge >= 0.3 is 0 Å². The van der Waals surface area contributed by atoms with E-state index in [0.717, 1.165) is 116 Å². The second kappa shape index (κ2) is 31.7. The molecular formula is C134H82N6O3. The van der Waals surface area contributed by atoms with E-state index in [-0.39, 0.29) is 0 Å². The number of furan rings is 3. The SMILES string of the molecule is c1ccc(-c2cccc(-n3c4cc5oc6ccccc6c5cc4c4cc5c6ccccc6n(-c6ccccc6)c5cc43)c2)cc1.c1ccc(-c2cccc(-n3c4ccccc4c4cc5c6cc7c(cc6n(-c6cccc(-c8ccccc8)c6)c5cc43)oc3ccccc37)c2)cc1.c1ccc(-n2c3cc4oc5ccccc5c4cc3c3cc4c5ccccc5n(-c5cc6ccccc6c6ccccc56)c4cc32)cc1. The minimum Gasteiger partial charge on any atom is -0.456 e. The van der Waals surface area contributed by atoms with Gasteiger partial charge in [0.05, 0.1) is 71.9 Å². The van der Waals surface area contributed by atoms with Gasteiger partial charge < -0.3 is 40.7 Å². The van der Waals surface area contributed by atoms with Crippen molar-refractivity contribution in [3.8, 4) is 67.5 Å². The number of hydrogen-bond acceptors (Lipinski definition) is 3. The summed E-state index contributed by atoms with van der Waals surface area (Å²) in [7, 11) is 0. The molecule has 0 fully saturated rings. The Morgan fingerprint density at radius 1 is 0.112 bits per heavy atom. The number of benzene rings is 23. The Morgan fingerprint density at radius 3 is 0.720 bits per heavy atom. The third-order valence-electron chi connectivity index (χ3n) is 29.8. The van der Waals surface area contributed by atoms with Gasteiger partial charge in [-0.2, -0.15) is 0 Å². The molecule has 9 nitrogen and oxygen atoms in total. The number of para-hydroxylation sites is 8. The molecule has 0 unspecified atom stereocenters. The summed E-state index contributed by atoms with van der Waals surface area (Å²) in [6.07, 6.45) is 0. The van der Waals surface area contributed by atoms with Crippen molar-refractivity contribution in [2.45, 2.75) is 0 Å². The van der Waals surface area contributed by atoms with Crippen molar-refractivity contribution in [2.75, 3.05) is 0 Å². The van der Waals surface area contributed by atoms with Crippen LogP contribution in [0.25, 0.3) is 286 Å².